The monoisotopic (exact) mass is 462 g/mol. The molecule has 0 aromatic rings. The number of carbonyl (C=O) groups is 4. The van der Waals surface area contributed by atoms with Crippen LogP contribution >= 0.6 is 24.4 Å². The number of thioether (sulfide) groups is 1. The molecule has 0 aliphatic carbocycles. The number of rotatable bonds is 13. The Labute approximate surface area is 187 Å². The molecule has 0 radical (unpaired) electrons. The normalized spacial score (nSPS) is 19.0. The molecule has 0 spiro atoms. The molecular weight excluding hydrogens is 428 g/mol. The summed E-state index contributed by atoms with van der Waals surface area (Å²) in [5.74, 6) is -1.76. The van der Waals surface area contributed by atoms with E-state index >= 15 is 0 Å². The van der Waals surface area contributed by atoms with Crippen molar-refractivity contribution in [1.82, 2.24) is 21.3 Å². The maximum absolute atomic E-state index is 12.9. The van der Waals surface area contributed by atoms with Gasteiger partial charge < -0.3 is 26.4 Å². The van der Waals surface area contributed by atoms with Gasteiger partial charge in [0.2, 0.25) is 17.7 Å². The first-order valence-corrected chi connectivity index (χ1v) is 12.2. The molecule has 9 nitrogen and oxygen atoms in total. The van der Waals surface area contributed by atoms with E-state index in [9.17, 15) is 19.2 Å². The van der Waals surface area contributed by atoms with E-state index in [1.165, 1.54) is 0 Å². The molecule has 0 aromatic heterocycles. The fourth-order valence-corrected chi connectivity index (χ4v) is 3.84. The first-order chi connectivity index (χ1) is 14.2. The van der Waals surface area contributed by atoms with Crippen LogP contribution in [0.15, 0.2) is 0 Å². The number of hydrogen-bond donors (Lipinski definition) is 6. The van der Waals surface area contributed by atoms with E-state index in [0.717, 1.165) is 19.4 Å². The van der Waals surface area contributed by atoms with Crippen LogP contribution in [-0.2, 0) is 19.2 Å². The van der Waals surface area contributed by atoms with E-state index in [0.29, 0.717) is 18.6 Å². The number of aliphatic carboxylic acids is 1. The maximum atomic E-state index is 12.9. The predicted molar refractivity (Wildman–Crippen MR) is 121 cm³/mol. The second kappa shape index (κ2) is 13.8. The molecule has 11 heteroatoms. The first-order valence-electron chi connectivity index (χ1n) is 10.2. The first kappa shape index (κ1) is 26.6. The maximum Gasteiger partial charge on any atom is 0.327 e. The molecule has 172 valence electrons. The number of carboxylic acids is 1. The van der Waals surface area contributed by atoms with E-state index in [1.54, 1.807) is 11.8 Å². The third-order valence-electron chi connectivity index (χ3n) is 4.76. The van der Waals surface area contributed by atoms with Gasteiger partial charge in [-0.3, -0.25) is 14.4 Å². The molecule has 0 aromatic carbocycles. The largest absolute Gasteiger partial charge is 0.480 e. The van der Waals surface area contributed by atoms with Crippen LogP contribution in [0.3, 0.4) is 0 Å². The number of carboxylic acid groups (broad SMARTS) is 1. The molecule has 3 amide bonds. The third-order valence-corrected chi connectivity index (χ3v) is 5.77. The van der Waals surface area contributed by atoms with Crippen LogP contribution in [0.5, 0.6) is 0 Å². The fraction of sp³-hybridized carbons (Fsp3) is 0.789. The SMILES string of the molecule is CSCCC(NC(=O)C1CCCN1)C(=O)NC(CC(C)C)C(=O)NC(CS)C(=O)O. The minimum atomic E-state index is -1.19. The molecule has 1 aliphatic heterocycles. The van der Waals surface area contributed by atoms with Gasteiger partial charge in [0, 0.05) is 5.75 Å². The molecule has 5 N–H and O–H groups in total. The summed E-state index contributed by atoms with van der Waals surface area (Å²) in [4.78, 5) is 49.2. The number of thiol groups is 1. The van der Waals surface area contributed by atoms with Gasteiger partial charge in [0.15, 0.2) is 0 Å². The molecule has 0 bridgehead atoms. The van der Waals surface area contributed by atoms with Crippen molar-refractivity contribution in [2.24, 2.45) is 5.92 Å². The van der Waals surface area contributed by atoms with Crippen molar-refractivity contribution < 1.29 is 24.3 Å². The smallest absolute Gasteiger partial charge is 0.327 e. The van der Waals surface area contributed by atoms with Gasteiger partial charge in [-0.1, -0.05) is 13.8 Å². The molecule has 4 unspecified atom stereocenters. The summed E-state index contributed by atoms with van der Waals surface area (Å²) in [6.45, 7) is 4.57. The van der Waals surface area contributed by atoms with Gasteiger partial charge in [0.25, 0.3) is 0 Å². The van der Waals surface area contributed by atoms with Gasteiger partial charge in [-0.25, -0.2) is 4.79 Å². The van der Waals surface area contributed by atoms with Crippen LogP contribution in [0.2, 0.25) is 0 Å². The lowest BCUT2D eigenvalue weighted by atomic mass is 10.0. The third kappa shape index (κ3) is 9.13. The number of nitrogens with one attached hydrogen (secondary N) is 4. The molecule has 1 heterocycles. The highest BCUT2D eigenvalue weighted by molar-refractivity contribution is 7.98. The lowest BCUT2D eigenvalue weighted by Gasteiger charge is -2.26. The molecule has 30 heavy (non-hydrogen) atoms. The zero-order chi connectivity index (χ0) is 22.7. The van der Waals surface area contributed by atoms with Gasteiger partial charge in [-0.15, -0.1) is 0 Å². The summed E-state index contributed by atoms with van der Waals surface area (Å²) >= 11 is 5.51. The van der Waals surface area contributed by atoms with Crippen molar-refractivity contribution >= 4 is 48.1 Å². The average Bonchev–Trinajstić information content (AvgIpc) is 3.22. The van der Waals surface area contributed by atoms with Crippen molar-refractivity contribution in [2.75, 3.05) is 24.3 Å². The van der Waals surface area contributed by atoms with Crippen LogP contribution in [-0.4, -0.2) is 77.3 Å². The standard InChI is InChI=1S/C19H34N4O5S2/c1-11(2)9-14(18(26)23-15(10-29)19(27)28)22-17(25)13(6-8-30-3)21-16(24)12-5-4-7-20-12/h11-15,20,29H,4-10H2,1-3H3,(H,21,24)(H,22,25)(H,23,26)(H,27,28). The Kier molecular flexibility index (Phi) is 12.2. The van der Waals surface area contributed by atoms with E-state index in [4.69, 9.17) is 5.11 Å². The Morgan fingerprint density at radius 1 is 1.10 bits per heavy atom. The molecule has 1 fully saturated rings. The van der Waals surface area contributed by atoms with Crippen LogP contribution in [0.25, 0.3) is 0 Å². The number of carbonyl (C=O) groups excluding carboxylic acids is 3. The van der Waals surface area contributed by atoms with Gasteiger partial charge in [0.05, 0.1) is 6.04 Å². The highest BCUT2D eigenvalue weighted by atomic mass is 32.2. The lowest BCUT2D eigenvalue weighted by Crippen LogP contribution is -2.57. The van der Waals surface area contributed by atoms with Crippen LogP contribution in [0.4, 0.5) is 0 Å². The van der Waals surface area contributed by atoms with Crippen molar-refractivity contribution in [3.05, 3.63) is 0 Å². The minimum absolute atomic E-state index is 0.0653. The summed E-state index contributed by atoms with van der Waals surface area (Å²) in [5.41, 5.74) is 0. The van der Waals surface area contributed by atoms with Crippen LogP contribution in [0.1, 0.15) is 39.5 Å². The molecule has 1 aliphatic rings. The highest BCUT2D eigenvalue weighted by Gasteiger charge is 2.31. The van der Waals surface area contributed by atoms with Crippen molar-refractivity contribution in [3.8, 4) is 0 Å². The molecule has 0 saturated carbocycles. The van der Waals surface area contributed by atoms with E-state index in [1.807, 2.05) is 20.1 Å². The minimum Gasteiger partial charge on any atom is -0.480 e. The molecule has 1 saturated heterocycles. The van der Waals surface area contributed by atoms with Gasteiger partial charge in [-0.05, 0) is 50.2 Å². The van der Waals surface area contributed by atoms with Crippen molar-refractivity contribution in [3.63, 3.8) is 0 Å². The highest BCUT2D eigenvalue weighted by Crippen LogP contribution is 2.10. The van der Waals surface area contributed by atoms with Crippen LogP contribution in [0, 0.1) is 5.92 Å². The summed E-state index contributed by atoms with van der Waals surface area (Å²) in [6.07, 6.45) is 4.31. The summed E-state index contributed by atoms with van der Waals surface area (Å²) in [5, 5.41) is 20.2. The summed E-state index contributed by atoms with van der Waals surface area (Å²) in [7, 11) is 0. The van der Waals surface area contributed by atoms with E-state index in [2.05, 4.69) is 33.9 Å². The topological polar surface area (TPSA) is 137 Å². The Hall–Kier alpha value is -1.46. The van der Waals surface area contributed by atoms with Crippen LogP contribution < -0.4 is 21.3 Å². The zero-order valence-corrected chi connectivity index (χ0v) is 19.5. The second-order valence-electron chi connectivity index (χ2n) is 7.76. The van der Waals surface area contributed by atoms with Gasteiger partial charge in [-0.2, -0.15) is 24.4 Å². The van der Waals surface area contributed by atoms with E-state index < -0.39 is 35.9 Å². The number of hydrogen-bond acceptors (Lipinski definition) is 7. The Morgan fingerprint density at radius 3 is 2.23 bits per heavy atom. The Morgan fingerprint density at radius 2 is 1.73 bits per heavy atom. The van der Waals surface area contributed by atoms with Crippen molar-refractivity contribution in [2.45, 2.75) is 63.7 Å². The van der Waals surface area contributed by atoms with Gasteiger partial charge >= 0.3 is 5.97 Å². The lowest BCUT2D eigenvalue weighted by molar-refractivity contribution is -0.141. The quantitative estimate of drug-likeness (QED) is 0.212. The van der Waals surface area contributed by atoms with Crippen molar-refractivity contribution in [1.29, 1.82) is 0 Å². The number of amides is 3. The van der Waals surface area contributed by atoms with Gasteiger partial charge in [0.1, 0.15) is 18.1 Å². The Bertz CT molecular complexity index is 599. The summed E-state index contributed by atoms with van der Waals surface area (Å²) < 4.78 is 0. The average molecular weight is 463 g/mol. The molecule has 4 atom stereocenters. The molecule has 1 rings (SSSR count). The predicted octanol–water partition coefficient (Wildman–Crippen LogP) is 0.00640. The second-order valence-corrected chi connectivity index (χ2v) is 9.12. The zero-order valence-electron chi connectivity index (χ0n) is 17.8. The van der Waals surface area contributed by atoms with E-state index in [-0.39, 0.29) is 23.6 Å². The fourth-order valence-electron chi connectivity index (χ4n) is 3.12. The summed E-state index contributed by atoms with van der Waals surface area (Å²) in [6, 6.07) is -3.13. The molecular formula is C19H34N4O5S2. The Balaban J connectivity index is 2.85.